The summed E-state index contributed by atoms with van der Waals surface area (Å²) in [6.45, 7) is 6.59. The average Bonchev–Trinajstić information content (AvgIpc) is 3.46. The quantitative estimate of drug-likeness (QED) is 0.423. The number of hydrogen-bond acceptors (Lipinski definition) is 7. The van der Waals surface area contributed by atoms with Crippen LogP contribution >= 0.6 is 0 Å². The van der Waals surface area contributed by atoms with Gasteiger partial charge in [-0.15, -0.1) is 0 Å². The van der Waals surface area contributed by atoms with Crippen LogP contribution in [-0.2, 0) is 21.0 Å². The third kappa shape index (κ3) is 4.05. The van der Waals surface area contributed by atoms with Crippen molar-refractivity contribution in [2.45, 2.75) is 43.0 Å². The van der Waals surface area contributed by atoms with Crippen LogP contribution in [0, 0.1) is 11.3 Å². The first-order valence-electron chi connectivity index (χ1n) is 11.2. The molecule has 11 heteroatoms. The maximum Gasteiger partial charge on any atom is 0.243 e. The summed E-state index contributed by atoms with van der Waals surface area (Å²) in [5.74, 6) is 0.627. The van der Waals surface area contributed by atoms with Crippen molar-refractivity contribution in [1.29, 1.82) is 5.26 Å². The van der Waals surface area contributed by atoms with E-state index < -0.39 is 15.6 Å². The molecule has 35 heavy (non-hydrogen) atoms. The number of H-pyrrole nitrogens is 1. The van der Waals surface area contributed by atoms with Crippen molar-refractivity contribution in [2.24, 2.45) is 0 Å². The van der Waals surface area contributed by atoms with Crippen LogP contribution in [0.25, 0.3) is 11.0 Å². The summed E-state index contributed by atoms with van der Waals surface area (Å²) in [6.07, 6.45) is 6.81. The molecule has 3 aromatic heterocycles. The molecule has 10 nitrogen and oxygen atoms in total. The predicted octanol–water partition coefficient (Wildman–Crippen LogP) is 3.51. The molecule has 2 N–H and O–H groups in total. The summed E-state index contributed by atoms with van der Waals surface area (Å²) in [4.78, 5) is 11.8. The molecule has 4 aromatic rings. The molecule has 0 spiro atoms. The Morgan fingerprint density at radius 3 is 2.60 bits per heavy atom. The average molecular weight is 491 g/mol. The standard InChI is InChI=1S/C24H26N8O2S/c1-23(2,3)17-4-6-19(7-5-17)35(33,34)31-14-24(15-31,9-10-25)32-13-18(12-29-32)30-22-20-8-11-26-21(20)27-16-28-22/h4-8,11-13,16H,9,14-15H2,1-3H3,(H2,26,27,28,30). The van der Waals surface area contributed by atoms with E-state index in [-0.39, 0.29) is 29.8 Å². The van der Waals surface area contributed by atoms with Crippen LogP contribution in [-0.4, -0.2) is 50.5 Å². The van der Waals surface area contributed by atoms with E-state index in [4.69, 9.17) is 0 Å². The number of benzene rings is 1. The van der Waals surface area contributed by atoms with Crippen molar-refractivity contribution in [2.75, 3.05) is 18.4 Å². The van der Waals surface area contributed by atoms with Gasteiger partial charge in [-0.05, 0) is 29.2 Å². The first kappa shape index (κ1) is 23.0. The Morgan fingerprint density at radius 2 is 1.91 bits per heavy atom. The van der Waals surface area contributed by atoms with Crippen molar-refractivity contribution in [3.05, 3.63) is 60.8 Å². The molecule has 0 unspecified atom stereocenters. The molecular formula is C24H26N8O2S. The van der Waals surface area contributed by atoms with Crippen molar-refractivity contribution in [1.82, 2.24) is 29.0 Å². The Kier molecular flexibility index (Phi) is 5.38. The highest BCUT2D eigenvalue weighted by Gasteiger charge is 2.50. The van der Waals surface area contributed by atoms with E-state index in [1.165, 1.54) is 10.6 Å². The molecule has 1 aliphatic heterocycles. The number of sulfonamides is 1. The fraction of sp³-hybridized carbons (Fsp3) is 0.333. The normalized spacial score (nSPS) is 16.1. The van der Waals surface area contributed by atoms with Gasteiger partial charge in [-0.3, -0.25) is 4.68 Å². The maximum atomic E-state index is 13.2. The highest BCUT2D eigenvalue weighted by atomic mass is 32.2. The fourth-order valence-electron chi connectivity index (χ4n) is 4.30. The lowest BCUT2D eigenvalue weighted by Crippen LogP contribution is -2.64. The van der Waals surface area contributed by atoms with Gasteiger partial charge in [0.25, 0.3) is 0 Å². The van der Waals surface area contributed by atoms with E-state index in [1.54, 1.807) is 35.4 Å². The largest absolute Gasteiger partial charge is 0.346 e. The lowest BCUT2D eigenvalue weighted by Gasteiger charge is -2.47. The Hall–Kier alpha value is -3.75. The summed E-state index contributed by atoms with van der Waals surface area (Å²) >= 11 is 0. The van der Waals surface area contributed by atoms with Gasteiger partial charge in [0.15, 0.2) is 0 Å². The summed E-state index contributed by atoms with van der Waals surface area (Å²) in [5, 5.41) is 18.0. The predicted molar refractivity (Wildman–Crippen MR) is 132 cm³/mol. The van der Waals surface area contributed by atoms with E-state index in [1.807, 2.05) is 18.2 Å². The summed E-state index contributed by atoms with van der Waals surface area (Å²) in [5.41, 5.74) is 1.66. The number of nitrogens with zero attached hydrogens (tertiary/aromatic N) is 6. The van der Waals surface area contributed by atoms with Gasteiger partial charge in [-0.2, -0.15) is 14.7 Å². The highest BCUT2D eigenvalue weighted by Crippen LogP contribution is 2.37. The van der Waals surface area contributed by atoms with Gasteiger partial charge in [-0.25, -0.2) is 18.4 Å². The number of rotatable bonds is 6. The Balaban J connectivity index is 1.35. The number of aromatic nitrogens is 5. The van der Waals surface area contributed by atoms with Crippen molar-refractivity contribution < 1.29 is 8.42 Å². The van der Waals surface area contributed by atoms with Crippen molar-refractivity contribution >= 4 is 32.6 Å². The van der Waals surface area contributed by atoms with E-state index >= 15 is 0 Å². The Morgan fingerprint density at radius 1 is 1.17 bits per heavy atom. The third-order valence-corrected chi connectivity index (χ3v) is 8.20. The molecular weight excluding hydrogens is 464 g/mol. The SMILES string of the molecule is CC(C)(C)c1ccc(S(=O)(=O)N2CC(CC#N)(n3cc(Nc4ncnc5[nH]ccc45)cn3)C2)cc1. The summed E-state index contributed by atoms with van der Waals surface area (Å²) in [6, 6.07) is 11.1. The van der Waals surface area contributed by atoms with E-state index in [0.29, 0.717) is 17.2 Å². The van der Waals surface area contributed by atoms with Gasteiger partial charge < -0.3 is 10.3 Å². The number of anilines is 2. The number of hydrogen-bond donors (Lipinski definition) is 2. The second kappa shape index (κ2) is 8.18. The van der Waals surface area contributed by atoms with Crippen LogP contribution < -0.4 is 5.32 Å². The smallest absolute Gasteiger partial charge is 0.243 e. The van der Waals surface area contributed by atoms with Crippen LogP contribution in [0.2, 0.25) is 0 Å². The molecule has 4 heterocycles. The summed E-state index contributed by atoms with van der Waals surface area (Å²) in [7, 11) is -3.67. The number of nitrogens with one attached hydrogen (secondary N) is 2. The molecule has 0 amide bonds. The van der Waals surface area contributed by atoms with E-state index in [2.05, 4.69) is 52.2 Å². The number of aromatic amines is 1. The topological polar surface area (TPSA) is 133 Å². The molecule has 5 rings (SSSR count). The summed E-state index contributed by atoms with van der Waals surface area (Å²) < 4.78 is 29.5. The lowest BCUT2D eigenvalue weighted by atomic mass is 9.87. The van der Waals surface area contributed by atoms with Gasteiger partial charge in [0.05, 0.1) is 34.7 Å². The molecule has 1 fully saturated rings. The van der Waals surface area contributed by atoms with Crippen LogP contribution in [0.4, 0.5) is 11.5 Å². The molecule has 0 atom stereocenters. The molecule has 180 valence electrons. The van der Waals surface area contributed by atoms with Crippen LogP contribution in [0.15, 0.2) is 60.1 Å². The van der Waals surface area contributed by atoms with Crippen LogP contribution in [0.1, 0.15) is 32.8 Å². The van der Waals surface area contributed by atoms with E-state index in [0.717, 1.165) is 10.9 Å². The maximum absolute atomic E-state index is 13.2. The Bertz CT molecular complexity index is 1520. The molecule has 0 saturated carbocycles. The first-order chi connectivity index (χ1) is 16.6. The first-order valence-corrected chi connectivity index (χ1v) is 12.6. The second-order valence-corrected chi connectivity index (χ2v) is 11.8. The van der Waals surface area contributed by atoms with Gasteiger partial charge in [-0.1, -0.05) is 32.9 Å². The highest BCUT2D eigenvalue weighted by molar-refractivity contribution is 7.89. The van der Waals surface area contributed by atoms with Crippen LogP contribution in [0.3, 0.4) is 0 Å². The zero-order valence-corrected chi connectivity index (χ0v) is 20.5. The van der Waals surface area contributed by atoms with Gasteiger partial charge in [0, 0.05) is 25.5 Å². The number of nitriles is 1. The minimum atomic E-state index is -3.67. The molecule has 1 saturated heterocycles. The van der Waals surface area contributed by atoms with Crippen molar-refractivity contribution in [3.8, 4) is 6.07 Å². The number of fused-ring (bicyclic) bond motifs is 1. The van der Waals surface area contributed by atoms with Crippen molar-refractivity contribution in [3.63, 3.8) is 0 Å². The molecule has 0 aliphatic carbocycles. The monoisotopic (exact) mass is 490 g/mol. The zero-order valence-electron chi connectivity index (χ0n) is 19.7. The molecule has 0 bridgehead atoms. The van der Waals surface area contributed by atoms with Crippen LogP contribution in [0.5, 0.6) is 0 Å². The Labute approximate surface area is 203 Å². The second-order valence-electron chi connectivity index (χ2n) is 9.87. The van der Waals surface area contributed by atoms with Gasteiger partial charge in [0.1, 0.15) is 23.3 Å². The van der Waals surface area contributed by atoms with Gasteiger partial charge in [0.2, 0.25) is 10.0 Å². The fourth-order valence-corrected chi connectivity index (χ4v) is 5.90. The minimum Gasteiger partial charge on any atom is -0.346 e. The molecule has 1 aromatic carbocycles. The third-order valence-electron chi connectivity index (χ3n) is 6.39. The zero-order chi connectivity index (χ0) is 24.8. The minimum absolute atomic E-state index is 0.0640. The lowest BCUT2D eigenvalue weighted by molar-refractivity contribution is 0.0717. The molecule has 0 radical (unpaired) electrons. The molecule has 1 aliphatic rings. The van der Waals surface area contributed by atoms with Gasteiger partial charge >= 0.3 is 0 Å². The van der Waals surface area contributed by atoms with E-state index in [9.17, 15) is 13.7 Å².